The van der Waals surface area contributed by atoms with Gasteiger partial charge < -0.3 is 4.42 Å². The Labute approximate surface area is 135 Å². The van der Waals surface area contributed by atoms with Gasteiger partial charge in [0.05, 0.1) is 0 Å². The number of sulfonamides is 1. The van der Waals surface area contributed by atoms with Crippen LogP contribution in [-0.4, -0.2) is 18.6 Å². The molecule has 0 spiro atoms. The van der Waals surface area contributed by atoms with Crippen molar-refractivity contribution in [1.82, 2.24) is 14.9 Å². The lowest BCUT2D eigenvalue weighted by Gasteiger charge is -2.16. The number of nitrogens with one attached hydrogen (secondary N) is 1. The zero-order valence-electron chi connectivity index (χ0n) is 13.2. The number of aromatic nitrogens is 2. The van der Waals surface area contributed by atoms with Gasteiger partial charge in [0.2, 0.25) is 11.8 Å². The lowest BCUT2D eigenvalue weighted by atomic mass is 10.0. The zero-order valence-corrected chi connectivity index (χ0v) is 14.8. The predicted molar refractivity (Wildman–Crippen MR) is 85.2 cm³/mol. The van der Waals surface area contributed by atoms with E-state index in [4.69, 9.17) is 4.42 Å². The van der Waals surface area contributed by atoms with E-state index < -0.39 is 16.1 Å². The topological polar surface area (TPSA) is 85.1 Å². The highest BCUT2D eigenvalue weighted by Crippen LogP contribution is 2.26. The van der Waals surface area contributed by atoms with E-state index in [1.165, 1.54) is 11.3 Å². The molecule has 0 saturated heterocycles. The van der Waals surface area contributed by atoms with Crippen LogP contribution in [0.2, 0.25) is 0 Å². The van der Waals surface area contributed by atoms with Crippen LogP contribution in [0.15, 0.2) is 20.8 Å². The van der Waals surface area contributed by atoms with Crippen LogP contribution < -0.4 is 4.72 Å². The SMILES string of the molecule is CCc1ccc(S(=O)(=O)NC(CC(C)C)c2nnc(C)o2)s1. The molecule has 0 radical (unpaired) electrons. The first-order chi connectivity index (χ1) is 10.3. The van der Waals surface area contributed by atoms with E-state index in [1.54, 1.807) is 13.0 Å². The van der Waals surface area contributed by atoms with Gasteiger partial charge in [0.15, 0.2) is 0 Å². The molecule has 1 N–H and O–H groups in total. The largest absolute Gasteiger partial charge is 0.424 e. The molecule has 0 aliphatic carbocycles. The van der Waals surface area contributed by atoms with E-state index in [0.717, 1.165) is 11.3 Å². The normalized spacial score (nSPS) is 13.7. The molecule has 2 aromatic rings. The van der Waals surface area contributed by atoms with Crippen molar-refractivity contribution in [2.24, 2.45) is 5.92 Å². The predicted octanol–water partition coefficient (Wildman–Crippen LogP) is 3.07. The Morgan fingerprint density at radius 1 is 1.32 bits per heavy atom. The summed E-state index contributed by atoms with van der Waals surface area (Å²) >= 11 is 1.28. The summed E-state index contributed by atoms with van der Waals surface area (Å²) in [6.45, 7) is 7.72. The Kier molecular flexibility index (Phi) is 5.36. The third kappa shape index (κ3) is 4.15. The lowest BCUT2D eigenvalue weighted by Crippen LogP contribution is -2.29. The second kappa shape index (κ2) is 6.89. The average molecular weight is 343 g/mol. The molecule has 2 rings (SSSR count). The third-order valence-electron chi connectivity index (χ3n) is 3.09. The number of thiophene rings is 1. The molecule has 122 valence electrons. The molecule has 0 aliphatic heterocycles. The number of hydrogen-bond donors (Lipinski definition) is 1. The first-order valence-electron chi connectivity index (χ1n) is 7.23. The Morgan fingerprint density at radius 3 is 2.55 bits per heavy atom. The second-order valence-electron chi connectivity index (χ2n) is 5.54. The summed E-state index contributed by atoms with van der Waals surface area (Å²) in [5, 5.41) is 7.74. The minimum atomic E-state index is -3.59. The summed E-state index contributed by atoms with van der Waals surface area (Å²) in [6, 6.07) is 2.96. The highest BCUT2D eigenvalue weighted by atomic mass is 32.2. The lowest BCUT2D eigenvalue weighted by molar-refractivity contribution is 0.372. The molecule has 22 heavy (non-hydrogen) atoms. The van der Waals surface area contributed by atoms with Gasteiger partial charge in [0.25, 0.3) is 10.0 Å². The number of aryl methyl sites for hydroxylation is 2. The molecule has 0 fully saturated rings. The Balaban J connectivity index is 2.25. The molecule has 0 aromatic carbocycles. The minimum absolute atomic E-state index is 0.287. The molecule has 2 heterocycles. The summed E-state index contributed by atoms with van der Waals surface area (Å²) in [7, 11) is -3.59. The van der Waals surface area contributed by atoms with Gasteiger partial charge in [-0.15, -0.1) is 21.5 Å². The van der Waals surface area contributed by atoms with Crippen LogP contribution in [0.25, 0.3) is 0 Å². The van der Waals surface area contributed by atoms with E-state index in [9.17, 15) is 8.42 Å². The fourth-order valence-corrected chi connectivity index (χ4v) is 4.58. The van der Waals surface area contributed by atoms with Crippen molar-refractivity contribution in [1.29, 1.82) is 0 Å². The van der Waals surface area contributed by atoms with Crippen molar-refractivity contribution in [3.8, 4) is 0 Å². The zero-order chi connectivity index (χ0) is 16.3. The summed E-state index contributed by atoms with van der Waals surface area (Å²) in [6.07, 6.45) is 1.41. The van der Waals surface area contributed by atoms with E-state index in [-0.39, 0.29) is 5.92 Å². The summed E-state index contributed by atoms with van der Waals surface area (Å²) in [5.74, 6) is 1.02. The number of hydrogen-bond acceptors (Lipinski definition) is 6. The van der Waals surface area contributed by atoms with Crippen LogP contribution in [0.4, 0.5) is 0 Å². The van der Waals surface area contributed by atoms with E-state index in [0.29, 0.717) is 22.4 Å². The average Bonchev–Trinajstić information content (AvgIpc) is 3.05. The molecule has 1 unspecified atom stereocenters. The van der Waals surface area contributed by atoms with Gasteiger partial charge in [0, 0.05) is 11.8 Å². The maximum Gasteiger partial charge on any atom is 0.250 e. The third-order valence-corrected chi connectivity index (χ3v) is 6.29. The quantitative estimate of drug-likeness (QED) is 0.835. The van der Waals surface area contributed by atoms with Crippen LogP contribution in [-0.2, 0) is 16.4 Å². The second-order valence-corrected chi connectivity index (χ2v) is 8.65. The van der Waals surface area contributed by atoms with Crippen LogP contribution in [0.3, 0.4) is 0 Å². The van der Waals surface area contributed by atoms with E-state index in [1.807, 2.05) is 26.8 Å². The maximum atomic E-state index is 12.5. The van der Waals surface area contributed by atoms with Crippen LogP contribution in [0, 0.1) is 12.8 Å². The number of nitrogens with zero attached hydrogens (tertiary/aromatic N) is 2. The molecule has 0 bridgehead atoms. The van der Waals surface area contributed by atoms with E-state index >= 15 is 0 Å². The van der Waals surface area contributed by atoms with Crippen molar-refractivity contribution in [2.45, 2.75) is 50.8 Å². The van der Waals surface area contributed by atoms with Gasteiger partial charge in [-0.05, 0) is 30.9 Å². The van der Waals surface area contributed by atoms with Gasteiger partial charge in [-0.2, -0.15) is 4.72 Å². The molecular formula is C14H21N3O3S2. The molecule has 1 atom stereocenters. The van der Waals surface area contributed by atoms with Crippen molar-refractivity contribution in [3.05, 3.63) is 28.8 Å². The Bertz CT molecular complexity index is 719. The standard InChI is InChI=1S/C14H21N3O3S2/c1-5-11-6-7-13(21-11)22(18,19)17-12(8-9(2)3)14-16-15-10(4)20-14/h6-7,9,12,17H,5,8H2,1-4H3. The smallest absolute Gasteiger partial charge is 0.250 e. The molecule has 6 nitrogen and oxygen atoms in total. The van der Waals surface area contributed by atoms with Crippen molar-refractivity contribution < 1.29 is 12.8 Å². The van der Waals surface area contributed by atoms with Gasteiger partial charge in [-0.1, -0.05) is 20.8 Å². The highest BCUT2D eigenvalue weighted by molar-refractivity contribution is 7.91. The first kappa shape index (κ1) is 17.1. The van der Waals surface area contributed by atoms with E-state index in [2.05, 4.69) is 14.9 Å². The van der Waals surface area contributed by atoms with Crippen LogP contribution in [0.1, 0.15) is 49.9 Å². The molecule has 0 saturated carbocycles. The summed E-state index contributed by atoms with van der Waals surface area (Å²) in [5.41, 5.74) is 0. The van der Waals surface area contributed by atoms with Crippen LogP contribution >= 0.6 is 11.3 Å². The molecular weight excluding hydrogens is 322 g/mol. The molecule has 2 aromatic heterocycles. The van der Waals surface area contributed by atoms with Gasteiger partial charge >= 0.3 is 0 Å². The van der Waals surface area contributed by atoms with Gasteiger partial charge in [-0.3, -0.25) is 0 Å². The first-order valence-corrected chi connectivity index (χ1v) is 9.52. The van der Waals surface area contributed by atoms with Crippen molar-refractivity contribution >= 4 is 21.4 Å². The van der Waals surface area contributed by atoms with Gasteiger partial charge in [0.1, 0.15) is 10.3 Å². The maximum absolute atomic E-state index is 12.5. The fraction of sp³-hybridized carbons (Fsp3) is 0.571. The van der Waals surface area contributed by atoms with Crippen molar-refractivity contribution in [2.75, 3.05) is 0 Å². The van der Waals surface area contributed by atoms with Gasteiger partial charge in [-0.25, -0.2) is 8.42 Å². The summed E-state index contributed by atoms with van der Waals surface area (Å²) < 4.78 is 33.5. The van der Waals surface area contributed by atoms with Crippen LogP contribution in [0.5, 0.6) is 0 Å². The monoisotopic (exact) mass is 343 g/mol. The minimum Gasteiger partial charge on any atom is -0.424 e. The fourth-order valence-electron chi connectivity index (χ4n) is 2.06. The Hall–Kier alpha value is -1.25. The Morgan fingerprint density at radius 2 is 2.05 bits per heavy atom. The van der Waals surface area contributed by atoms with Crippen molar-refractivity contribution in [3.63, 3.8) is 0 Å². The molecule has 8 heteroatoms. The molecule has 0 amide bonds. The number of rotatable bonds is 7. The molecule has 0 aliphatic rings. The highest BCUT2D eigenvalue weighted by Gasteiger charge is 2.27. The summed E-state index contributed by atoms with van der Waals surface area (Å²) in [4.78, 5) is 1.04.